The molecule has 0 radical (unpaired) electrons. The maximum Gasteiger partial charge on any atom is 0.472 e. The van der Waals surface area contributed by atoms with Crippen LogP contribution in [-0.4, -0.2) is 49.9 Å². The highest BCUT2D eigenvalue weighted by Crippen LogP contribution is 2.43. The van der Waals surface area contributed by atoms with Gasteiger partial charge in [-0.2, -0.15) is 0 Å². The maximum absolute atomic E-state index is 12.5. The lowest BCUT2D eigenvalue weighted by atomic mass is 10.0. The molecular formula is C40H80NO7P. The number of nitrogens with two attached hydrogens (primary N) is 1. The Labute approximate surface area is 303 Å². The van der Waals surface area contributed by atoms with Gasteiger partial charge in [-0.25, -0.2) is 4.57 Å². The number of esters is 1. The van der Waals surface area contributed by atoms with E-state index in [0.717, 1.165) is 44.9 Å². The molecule has 0 heterocycles. The smallest absolute Gasteiger partial charge is 0.457 e. The van der Waals surface area contributed by atoms with Crippen LogP contribution in [0.5, 0.6) is 0 Å². The summed E-state index contributed by atoms with van der Waals surface area (Å²) in [5, 5.41) is 0. The van der Waals surface area contributed by atoms with Crippen LogP contribution >= 0.6 is 7.82 Å². The zero-order valence-electron chi connectivity index (χ0n) is 32.2. The highest BCUT2D eigenvalue weighted by Gasteiger charge is 2.25. The molecule has 0 rings (SSSR count). The SMILES string of the molecule is CCCC/C=C\CCCCCCCC(=O)OC(COCCCCCCCCCCCCCCCCCCCCC)COP(=O)(O)OCCN. The first-order valence-corrected chi connectivity index (χ1v) is 22.2. The minimum atomic E-state index is -4.27. The average molecular weight is 718 g/mol. The van der Waals surface area contributed by atoms with Crippen molar-refractivity contribution in [3.63, 3.8) is 0 Å². The summed E-state index contributed by atoms with van der Waals surface area (Å²) in [7, 11) is -4.27. The molecule has 0 aromatic rings. The second-order valence-corrected chi connectivity index (χ2v) is 15.3. The van der Waals surface area contributed by atoms with Gasteiger partial charge in [-0.15, -0.1) is 0 Å². The van der Waals surface area contributed by atoms with E-state index in [2.05, 4.69) is 26.0 Å². The van der Waals surface area contributed by atoms with Crippen LogP contribution in [0.4, 0.5) is 0 Å². The third kappa shape index (κ3) is 38.3. The van der Waals surface area contributed by atoms with Crippen molar-refractivity contribution in [2.24, 2.45) is 5.73 Å². The summed E-state index contributed by atoms with van der Waals surface area (Å²) in [5.74, 6) is -0.338. The highest BCUT2D eigenvalue weighted by atomic mass is 31.2. The summed E-state index contributed by atoms with van der Waals surface area (Å²) in [6.07, 6.45) is 39.5. The van der Waals surface area contributed by atoms with Crippen LogP contribution < -0.4 is 5.73 Å². The molecule has 0 saturated carbocycles. The molecule has 0 aromatic heterocycles. The van der Waals surface area contributed by atoms with Gasteiger partial charge < -0.3 is 20.1 Å². The standard InChI is InChI=1S/C40H80NO7P/c1-3-5-7-9-11-13-15-16-17-18-19-20-21-22-24-26-28-30-32-35-45-37-39(38-47-49(43,44)46-36-34-41)48-40(42)33-31-29-27-25-23-14-12-10-8-6-4-2/h10,12,39H,3-9,11,13-38,41H2,1-2H3,(H,43,44)/b12-10-. The number of hydrogen-bond acceptors (Lipinski definition) is 7. The topological polar surface area (TPSA) is 117 Å². The predicted molar refractivity (Wildman–Crippen MR) is 206 cm³/mol. The molecule has 2 atom stereocenters. The van der Waals surface area contributed by atoms with Gasteiger partial charge in [-0.1, -0.05) is 174 Å². The van der Waals surface area contributed by atoms with Crippen LogP contribution in [0, 0.1) is 0 Å². The first kappa shape index (κ1) is 48.2. The largest absolute Gasteiger partial charge is 0.472 e. The average Bonchev–Trinajstić information content (AvgIpc) is 3.09. The fourth-order valence-corrected chi connectivity index (χ4v) is 6.63. The first-order valence-electron chi connectivity index (χ1n) is 20.7. The first-order chi connectivity index (χ1) is 23.9. The number of hydrogen-bond donors (Lipinski definition) is 2. The Hall–Kier alpha value is -0.760. The van der Waals surface area contributed by atoms with E-state index < -0.39 is 13.9 Å². The highest BCUT2D eigenvalue weighted by molar-refractivity contribution is 7.47. The fraction of sp³-hybridized carbons (Fsp3) is 0.925. The van der Waals surface area contributed by atoms with E-state index >= 15 is 0 Å². The molecule has 0 bridgehead atoms. The molecule has 0 aromatic carbocycles. The second-order valence-electron chi connectivity index (χ2n) is 13.9. The molecule has 0 aliphatic heterocycles. The Morgan fingerprint density at radius 3 is 1.55 bits per heavy atom. The van der Waals surface area contributed by atoms with E-state index in [0.29, 0.717) is 13.0 Å². The summed E-state index contributed by atoms with van der Waals surface area (Å²) in [6.45, 7) is 4.91. The molecule has 49 heavy (non-hydrogen) atoms. The third-order valence-corrected chi connectivity index (χ3v) is 9.92. The lowest BCUT2D eigenvalue weighted by Crippen LogP contribution is -2.28. The number of phosphoric acid groups is 1. The van der Waals surface area contributed by atoms with Crippen LogP contribution in [0.1, 0.15) is 200 Å². The Kier molecular flexibility index (Phi) is 37.9. The summed E-state index contributed by atoms with van der Waals surface area (Å²) in [4.78, 5) is 22.4. The Morgan fingerprint density at radius 1 is 0.592 bits per heavy atom. The molecular weight excluding hydrogens is 637 g/mol. The summed E-state index contributed by atoms with van der Waals surface area (Å²) in [5.41, 5.74) is 5.36. The van der Waals surface area contributed by atoms with Crippen LogP contribution in [0.25, 0.3) is 0 Å². The maximum atomic E-state index is 12.5. The fourth-order valence-electron chi connectivity index (χ4n) is 5.86. The van der Waals surface area contributed by atoms with E-state index in [1.54, 1.807) is 0 Å². The predicted octanol–water partition coefficient (Wildman–Crippen LogP) is 11.9. The molecule has 292 valence electrons. The normalized spacial score (nSPS) is 13.6. The van der Waals surface area contributed by atoms with Crippen LogP contribution in [0.2, 0.25) is 0 Å². The van der Waals surface area contributed by atoms with Crippen LogP contribution in [0.15, 0.2) is 12.2 Å². The number of carbonyl (C=O) groups excluding carboxylic acids is 1. The van der Waals surface area contributed by atoms with Crippen molar-refractivity contribution < 1.29 is 32.8 Å². The van der Waals surface area contributed by atoms with Gasteiger partial charge in [-0.3, -0.25) is 13.8 Å². The minimum absolute atomic E-state index is 0.0940. The van der Waals surface area contributed by atoms with Crippen molar-refractivity contribution in [2.45, 2.75) is 206 Å². The van der Waals surface area contributed by atoms with E-state index in [-0.39, 0.29) is 32.3 Å². The quantitative estimate of drug-likeness (QED) is 0.0278. The van der Waals surface area contributed by atoms with Crippen molar-refractivity contribution in [1.29, 1.82) is 0 Å². The van der Waals surface area contributed by atoms with E-state index in [1.165, 1.54) is 135 Å². The molecule has 0 aliphatic rings. The van der Waals surface area contributed by atoms with Gasteiger partial charge in [0.1, 0.15) is 6.10 Å². The molecule has 0 aliphatic carbocycles. The molecule has 0 amide bonds. The van der Waals surface area contributed by atoms with Gasteiger partial charge >= 0.3 is 13.8 Å². The zero-order valence-corrected chi connectivity index (χ0v) is 33.1. The minimum Gasteiger partial charge on any atom is -0.457 e. The number of unbranched alkanes of at least 4 members (excludes halogenated alkanes) is 25. The molecule has 3 N–H and O–H groups in total. The molecule has 0 fully saturated rings. The van der Waals surface area contributed by atoms with Crippen molar-refractivity contribution >= 4 is 13.8 Å². The number of rotatable bonds is 40. The van der Waals surface area contributed by atoms with E-state index in [9.17, 15) is 14.3 Å². The van der Waals surface area contributed by atoms with Gasteiger partial charge in [-0.05, 0) is 32.1 Å². The molecule has 2 unspecified atom stereocenters. The van der Waals surface area contributed by atoms with Gasteiger partial charge in [0, 0.05) is 19.6 Å². The van der Waals surface area contributed by atoms with Gasteiger partial charge in [0.05, 0.1) is 19.8 Å². The van der Waals surface area contributed by atoms with Crippen molar-refractivity contribution in [2.75, 3.05) is 33.0 Å². The van der Waals surface area contributed by atoms with Gasteiger partial charge in [0.25, 0.3) is 0 Å². The van der Waals surface area contributed by atoms with Crippen molar-refractivity contribution in [3.05, 3.63) is 12.2 Å². The number of allylic oxidation sites excluding steroid dienone is 2. The Morgan fingerprint density at radius 2 is 1.04 bits per heavy atom. The Bertz CT molecular complexity index is 767. The Balaban J connectivity index is 3.96. The number of carbonyl (C=O) groups is 1. The molecule has 9 heteroatoms. The van der Waals surface area contributed by atoms with Gasteiger partial charge in [0.2, 0.25) is 0 Å². The lowest BCUT2D eigenvalue weighted by molar-refractivity contribution is -0.154. The molecule has 8 nitrogen and oxygen atoms in total. The van der Waals surface area contributed by atoms with Crippen molar-refractivity contribution in [3.8, 4) is 0 Å². The summed E-state index contributed by atoms with van der Waals surface area (Å²) in [6, 6.07) is 0. The molecule has 0 spiro atoms. The monoisotopic (exact) mass is 718 g/mol. The van der Waals surface area contributed by atoms with Gasteiger partial charge in [0.15, 0.2) is 0 Å². The van der Waals surface area contributed by atoms with E-state index in [4.69, 9.17) is 24.3 Å². The third-order valence-electron chi connectivity index (χ3n) is 8.93. The lowest BCUT2D eigenvalue weighted by Gasteiger charge is -2.20. The van der Waals surface area contributed by atoms with Crippen LogP contribution in [0.3, 0.4) is 0 Å². The number of phosphoric ester groups is 1. The summed E-state index contributed by atoms with van der Waals surface area (Å²) >= 11 is 0. The number of ether oxygens (including phenoxy) is 2. The zero-order chi connectivity index (χ0) is 35.9. The van der Waals surface area contributed by atoms with Crippen LogP contribution in [-0.2, 0) is 27.9 Å². The molecule has 0 saturated heterocycles. The summed E-state index contributed by atoms with van der Waals surface area (Å²) < 4.78 is 33.3. The second kappa shape index (κ2) is 38.5. The van der Waals surface area contributed by atoms with E-state index in [1.807, 2.05) is 0 Å². The van der Waals surface area contributed by atoms with Crippen molar-refractivity contribution in [1.82, 2.24) is 0 Å².